The van der Waals surface area contributed by atoms with Crippen LogP contribution in [0.3, 0.4) is 0 Å². The summed E-state index contributed by atoms with van der Waals surface area (Å²) in [4.78, 5) is 3.15. The second-order valence-corrected chi connectivity index (χ2v) is 18.0. The first-order valence-electron chi connectivity index (χ1n) is 15.8. The zero-order valence-corrected chi connectivity index (χ0v) is 31.1. The number of allylic oxidation sites excluding steroid dienone is 4. The van der Waals surface area contributed by atoms with Crippen LogP contribution in [-0.2, 0) is 26.8 Å². The molecule has 10 nitrogen and oxygen atoms in total. The number of nitrogens with zero attached hydrogens (tertiary/aromatic N) is 2. The minimum absolute atomic E-state index is 0.0623. The highest BCUT2D eigenvalue weighted by Crippen LogP contribution is 2.50. The maximum absolute atomic E-state index is 11.5. The molecule has 0 saturated carbocycles. The van der Waals surface area contributed by atoms with Crippen LogP contribution in [-0.4, -0.2) is 57.7 Å². The first-order chi connectivity index (χ1) is 22.6. The molecule has 1 aliphatic heterocycles. The van der Waals surface area contributed by atoms with Crippen LogP contribution in [0.2, 0.25) is 0 Å². The lowest BCUT2D eigenvalue weighted by atomic mass is 9.72. The molecule has 48 heavy (non-hydrogen) atoms. The Morgan fingerprint density at radius 3 is 2.48 bits per heavy atom. The van der Waals surface area contributed by atoms with Crippen LogP contribution in [0.4, 0.5) is 5.69 Å². The molecule has 2 aliphatic rings. The van der Waals surface area contributed by atoms with Crippen LogP contribution in [0.1, 0.15) is 58.4 Å². The van der Waals surface area contributed by atoms with E-state index in [1.54, 1.807) is 30.2 Å². The number of thiazole rings is 1. The third kappa shape index (κ3) is 9.01. The number of fused-ring (bicyclic) bond motifs is 2. The van der Waals surface area contributed by atoms with Crippen molar-refractivity contribution in [3.05, 3.63) is 69.2 Å². The van der Waals surface area contributed by atoms with Gasteiger partial charge in [-0.15, -0.1) is 0 Å². The molecule has 1 N–H and O–H groups in total. The van der Waals surface area contributed by atoms with E-state index in [9.17, 15) is 25.9 Å². The second kappa shape index (κ2) is 14.5. The summed E-state index contributed by atoms with van der Waals surface area (Å²) in [5.74, 6) is 0.664. The Balaban J connectivity index is 1.56. The number of benzene rings is 2. The van der Waals surface area contributed by atoms with Gasteiger partial charge in [-0.1, -0.05) is 36.9 Å². The largest absolute Gasteiger partial charge is 0.748 e. The van der Waals surface area contributed by atoms with Crippen molar-refractivity contribution >= 4 is 65.3 Å². The normalized spacial score (nSPS) is 18.3. The molecule has 2 aromatic carbocycles. The van der Waals surface area contributed by atoms with E-state index in [0.717, 1.165) is 55.0 Å². The molecule has 5 rings (SSSR count). The molecule has 0 unspecified atom stereocenters. The summed E-state index contributed by atoms with van der Waals surface area (Å²) in [5.41, 5.74) is 5.28. The standard InChI is InChI=1S/C34H42N2O8S4/c1-6-44-27-10-12-31-29(20-27)36(14-8-16-48(40,41)42)33(46-31)18-25-22-34(3,4)21-24(23(25)2)17-32-35(13-7-15-47(37,38)39)28-19-26(43-5)9-11-30(28)45-32/h9-12,17-20H,6-8,13-16,21-22H2,1-5H3,(H-,37,38,39,40,41,42). The summed E-state index contributed by atoms with van der Waals surface area (Å²) in [6, 6.07) is 11.8. The number of rotatable bonds is 13. The van der Waals surface area contributed by atoms with Gasteiger partial charge in [0.1, 0.15) is 16.2 Å². The molecular weight excluding hydrogens is 693 g/mol. The van der Waals surface area contributed by atoms with Crippen LogP contribution in [0.15, 0.2) is 69.1 Å². The van der Waals surface area contributed by atoms with Crippen molar-refractivity contribution in [3.63, 3.8) is 0 Å². The number of ether oxygens (including phenoxy) is 2. The molecule has 2 heterocycles. The Morgan fingerprint density at radius 1 is 1.04 bits per heavy atom. The van der Waals surface area contributed by atoms with Gasteiger partial charge in [-0.25, -0.2) is 8.42 Å². The molecule has 260 valence electrons. The van der Waals surface area contributed by atoms with Crippen molar-refractivity contribution in [2.24, 2.45) is 5.41 Å². The predicted molar refractivity (Wildman–Crippen MR) is 191 cm³/mol. The summed E-state index contributed by atoms with van der Waals surface area (Å²) in [7, 11) is -6.83. The van der Waals surface area contributed by atoms with Crippen molar-refractivity contribution in [2.45, 2.75) is 64.8 Å². The van der Waals surface area contributed by atoms with Gasteiger partial charge in [-0.05, 0) is 85.6 Å². The highest BCUT2D eigenvalue weighted by Gasteiger charge is 2.32. The molecule has 0 fully saturated rings. The van der Waals surface area contributed by atoms with E-state index < -0.39 is 26.0 Å². The molecule has 3 aromatic rings. The van der Waals surface area contributed by atoms with Gasteiger partial charge in [0.25, 0.3) is 15.1 Å². The Kier molecular flexibility index (Phi) is 11.0. The van der Waals surface area contributed by atoms with E-state index in [0.29, 0.717) is 25.4 Å². The Labute approximate surface area is 291 Å². The van der Waals surface area contributed by atoms with Crippen molar-refractivity contribution in [3.8, 4) is 11.5 Å². The zero-order valence-electron chi connectivity index (χ0n) is 27.8. The molecule has 1 aromatic heterocycles. The number of hydrogen-bond donors (Lipinski definition) is 1. The van der Waals surface area contributed by atoms with Crippen molar-refractivity contribution in [1.82, 2.24) is 0 Å². The topological polar surface area (TPSA) is 137 Å². The molecule has 0 atom stereocenters. The van der Waals surface area contributed by atoms with E-state index in [1.165, 1.54) is 11.1 Å². The first kappa shape index (κ1) is 36.4. The number of thioether (sulfide) groups is 1. The van der Waals surface area contributed by atoms with Crippen molar-refractivity contribution < 1.29 is 40.0 Å². The van der Waals surface area contributed by atoms with E-state index in [4.69, 9.17) is 9.47 Å². The molecule has 0 amide bonds. The Hall–Kier alpha value is -2.88. The van der Waals surface area contributed by atoms with Crippen LogP contribution in [0.25, 0.3) is 16.3 Å². The average Bonchev–Trinajstić information content (AvgIpc) is 3.50. The van der Waals surface area contributed by atoms with Gasteiger partial charge in [0.2, 0.25) is 5.52 Å². The summed E-state index contributed by atoms with van der Waals surface area (Å²) in [6.07, 6.45) is 6.52. The summed E-state index contributed by atoms with van der Waals surface area (Å²) >= 11 is 3.24. The lowest BCUT2D eigenvalue weighted by molar-refractivity contribution is -0.668. The van der Waals surface area contributed by atoms with Gasteiger partial charge in [-0.2, -0.15) is 13.0 Å². The average molecular weight is 735 g/mol. The summed E-state index contributed by atoms with van der Waals surface area (Å²) in [6.45, 7) is 9.83. The van der Waals surface area contributed by atoms with Crippen molar-refractivity contribution in [1.29, 1.82) is 0 Å². The fourth-order valence-electron chi connectivity index (χ4n) is 6.21. The molecule has 1 aliphatic carbocycles. The molecule has 0 radical (unpaired) electrons. The molecule has 0 saturated heterocycles. The van der Waals surface area contributed by atoms with Gasteiger partial charge in [-0.3, -0.25) is 4.55 Å². The summed E-state index contributed by atoms with van der Waals surface area (Å²) < 4.78 is 81.0. The number of aromatic nitrogens is 1. The first-order valence-corrected chi connectivity index (χ1v) is 20.6. The highest BCUT2D eigenvalue weighted by molar-refractivity contribution is 8.03. The number of methoxy groups -OCH3 is 1. The van der Waals surface area contributed by atoms with E-state index in [1.807, 2.05) is 43.3 Å². The van der Waals surface area contributed by atoms with Gasteiger partial charge in [0.15, 0.2) is 6.54 Å². The van der Waals surface area contributed by atoms with Crippen LogP contribution >= 0.6 is 23.1 Å². The predicted octanol–water partition coefficient (Wildman–Crippen LogP) is 6.78. The third-order valence-electron chi connectivity index (χ3n) is 8.41. The van der Waals surface area contributed by atoms with Gasteiger partial charge >= 0.3 is 0 Å². The van der Waals surface area contributed by atoms with Crippen LogP contribution in [0, 0.1) is 5.41 Å². The fourth-order valence-corrected chi connectivity index (χ4v) is 9.46. The van der Waals surface area contributed by atoms with E-state index in [-0.39, 0.29) is 24.0 Å². The van der Waals surface area contributed by atoms with Gasteiger partial charge in [0.05, 0.1) is 46.4 Å². The molecule has 0 spiro atoms. The zero-order chi connectivity index (χ0) is 34.9. The lowest BCUT2D eigenvalue weighted by Crippen LogP contribution is -2.36. The Bertz CT molecular complexity index is 2010. The molecule has 0 bridgehead atoms. The highest BCUT2D eigenvalue weighted by atomic mass is 32.2. The van der Waals surface area contributed by atoms with Crippen LogP contribution in [0.5, 0.6) is 11.5 Å². The number of hydrogen-bond acceptors (Lipinski definition) is 10. The smallest absolute Gasteiger partial charge is 0.264 e. The number of aryl methyl sites for hydroxylation is 1. The van der Waals surface area contributed by atoms with Gasteiger partial charge in [0, 0.05) is 35.8 Å². The van der Waals surface area contributed by atoms with Crippen LogP contribution < -0.4 is 18.9 Å². The maximum atomic E-state index is 11.5. The minimum atomic E-state index is -4.34. The maximum Gasteiger partial charge on any atom is 0.264 e. The number of anilines is 1. The SMILES string of the molecule is CCOc1ccc2c(c1)N(CCCS(=O)(=O)O)C(=CC1=C(C)C(=Cc3sc4ccc(OC)cc4[n+]3CCCS(=O)(=O)[O-])CC(C)(C)C1)S2. The molecular formula is C34H42N2O8S4. The van der Waals surface area contributed by atoms with Gasteiger partial charge < -0.3 is 18.9 Å². The quantitative estimate of drug-likeness (QED) is 0.148. The van der Waals surface area contributed by atoms with E-state index >= 15 is 0 Å². The third-order valence-corrected chi connectivity index (χ3v) is 12.2. The minimum Gasteiger partial charge on any atom is -0.748 e. The lowest BCUT2D eigenvalue weighted by Gasteiger charge is -2.33. The monoisotopic (exact) mass is 734 g/mol. The fraction of sp³-hybridized carbons (Fsp3) is 0.441. The van der Waals surface area contributed by atoms with E-state index in [2.05, 4.69) is 42.4 Å². The second-order valence-electron chi connectivity index (χ2n) is 12.8. The van der Waals surface area contributed by atoms with Crippen molar-refractivity contribution in [2.75, 3.05) is 36.7 Å². The molecule has 14 heteroatoms. The summed E-state index contributed by atoms with van der Waals surface area (Å²) in [5, 5.41) is 1.93. The Morgan fingerprint density at radius 2 is 1.79 bits per heavy atom.